The van der Waals surface area contributed by atoms with Crippen LogP contribution in [0.5, 0.6) is 0 Å². The summed E-state index contributed by atoms with van der Waals surface area (Å²) in [6.45, 7) is 5.27. The molecule has 0 aliphatic rings. The number of anilines is 1. The predicted molar refractivity (Wildman–Crippen MR) is 109 cm³/mol. The van der Waals surface area contributed by atoms with Gasteiger partial charge in [0.2, 0.25) is 5.91 Å². The molecule has 0 fully saturated rings. The van der Waals surface area contributed by atoms with Crippen LogP contribution in [0.15, 0.2) is 53.7 Å². The number of aryl methyl sites for hydroxylation is 1. The number of carbonyl (C=O) groups excluding carboxylic acids is 2. The number of carbonyl (C=O) groups is 2. The molecule has 1 aromatic carbocycles. The molecule has 0 spiro atoms. The Labute approximate surface area is 163 Å². The molecule has 0 aliphatic carbocycles. The minimum absolute atomic E-state index is 0.247. The molecular weight excluding hydrogens is 363 g/mol. The van der Waals surface area contributed by atoms with Gasteiger partial charge >= 0.3 is 7.12 Å². The maximum atomic E-state index is 12.5. The summed E-state index contributed by atoms with van der Waals surface area (Å²) < 4.78 is 0. The van der Waals surface area contributed by atoms with E-state index in [0.717, 1.165) is 23.6 Å². The van der Waals surface area contributed by atoms with Crippen molar-refractivity contribution in [1.82, 2.24) is 5.32 Å². The molecular formula is C19H23BN2O4S. The first-order valence-corrected chi connectivity index (χ1v) is 9.58. The van der Waals surface area contributed by atoms with E-state index in [1.165, 1.54) is 16.2 Å². The van der Waals surface area contributed by atoms with Crippen molar-refractivity contribution in [1.29, 1.82) is 0 Å². The molecule has 0 saturated heterocycles. The van der Waals surface area contributed by atoms with E-state index in [4.69, 9.17) is 0 Å². The summed E-state index contributed by atoms with van der Waals surface area (Å²) in [7, 11) is -1.71. The van der Waals surface area contributed by atoms with Gasteiger partial charge in [0.05, 0.1) is 5.94 Å². The van der Waals surface area contributed by atoms with E-state index in [2.05, 4.69) is 11.9 Å². The van der Waals surface area contributed by atoms with Gasteiger partial charge in [-0.25, -0.2) is 0 Å². The number of rotatable bonds is 9. The molecule has 0 unspecified atom stereocenters. The molecule has 27 heavy (non-hydrogen) atoms. The number of thiophene rings is 1. The lowest BCUT2D eigenvalue weighted by Crippen LogP contribution is -2.51. The molecule has 1 heterocycles. The number of hydrogen-bond donors (Lipinski definition) is 3. The summed E-state index contributed by atoms with van der Waals surface area (Å²) in [5.41, 5.74) is 2.59. The van der Waals surface area contributed by atoms with E-state index in [-0.39, 0.29) is 13.0 Å². The van der Waals surface area contributed by atoms with Crippen LogP contribution >= 0.6 is 11.3 Å². The highest BCUT2D eigenvalue weighted by atomic mass is 32.1. The molecule has 1 aromatic heterocycles. The second kappa shape index (κ2) is 10.1. The van der Waals surface area contributed by atoms with E-state index >= 15 is 0 Å². The van der Waals surface area contributed by atoms with E-state index < -0.39 is 24.9 Å². The second-order valence-corrected chi connectivity index (χ2v) is 6.85. The first kappa shape index (κ1) is 20.9. The molecule has 0 saturated carbocycles. The quantitative estimate of drug-likeness (QED) is 0.451. The lowest BCUT2D eigenvalue weighted by molar-refractivity contribution is -0.122. The molecule has 2 aromatic rings. The highest BCUT2D eigenvalue weighted by molar-refractivity contribution is 7.07. The van der Waals surface area contributed by atoms with Gasteiger partial charge in [-0.2, -0.15) is 11.3 Å². The summed E-state index contributed by atoms with van der Waals surface area (Å²) in [4.78, 5) is 26.0. The van der Waals surface area contributed by atoms with Gasteiger partial charge in [0, 0.05) is 5.69 Å². The van der Waals surface area contributed by atoms with Crippen LogP contribution in [-0.2, 0) is 22.4 Å². The van der Waals surface area contributed by atoms with Crippen LogP contribution in [0.3, 0.4) is 0 Å². The zero-order valence-electron chi connectivity index (χ0n) is 15.2. The van der Waals surface area contributed by atoms with E-state index in [9.17, 15) is 19.6 Å². The fourth-order valence-electron chi connectivity index (χ4n) is 2.61. The van der Waals surface area contributed by atoms with Crippen LogP contribution in [0.25, 0.3) is 0 Å². The summed E-state index contributed by atoms with van der Waals surface area (Å²) in [5.74, 6) is -1.76. The number of hydrogen-bond acceptors (Lipinski definition) is 5. The van der Waals surface area contributed by atoms with Gasteiger partial charge < -0.3 is 15.4 Å². The third kappa shape index (κ3) is 6.06. The van der Waals surface area contributed by atoms with Gasteiger partial charge in [-0.05, 0) is 59.0 Å². The molecule has 1 atom stereocenters. The van der Waals surface area contributed by atoms with Crippen LogP contribution in [0, 0.1) is 0 Å². The average molecular weight is 386 g/mol. The Balaban J connectivity index is 2.09. The first-order chi connectivity index (χ1) is 12.9. The van der Waals surface area contributed by atoms with Crippen molar-refractivity contribution in [3.63, 3.8) is 0 Å². The SMILES string of the molecule is C=CC(=O)N(CC(=O)N[C@@H](Cc1ccsc1)B(O)O)c1ccc(CC)cc1. The van der Waals surface area contributed by atoms with Gasteiger partial charge in [0.15, 0.2) is 0 Å². The molecule has 8 heteroatoms. The van der Waals surface area contributed by atoms with E-state index in [0.29, 0.717) is 5.69 Å². The van der Waals surface area contributed by atoms with Crippen molar-refractivity contribution in [2.45, 2.75) is 25.7 Å². The largest absolute Gasteiger partial charge is 0.475 e. The molecule has 2 amide bonds. The maximum Gasteiger partial charge on any atom is 0.475 e. The molecule has 0 aliphatic heterocycles. The third-order valence-electron chi connectivity index (χ3n) is 4.14. The zero-order chi connectivity index (χ0) is 19.8. The summed E-state index contributed by atoms with van der Waals surface area (Å²) >= 11 is 1.49. The molecule has 0 radical (unpaired) electrons. The Morgan fingerprint density at radius 3 is 2.48 bits per heavy atom. The molecule has 142 valence electrons. The van der Waals surface area contributed by atoms with Crippen LogP contribution < -0.4 is 10.2 Å². The van der Waals surface area contributed by atoms with Crippen LogP contribution in [-0.4, -0.2) is 41.5 Å². The summed E-state index contributed by atoms with van der Waals surface area (Å²) in [6, 6.07) is 9.20. The van der Waals surface area contributed by atoms with Crippen LogP contribution in [0.2, 0.25) is 0 Å². The number of amides is 2. The lowest BCUT2D eigenvalue weighted by atomic mass is 9.76. The Bertz CT molecular complexity index is 763. The smallest absolute Gasteiger partial charge is 0.426 e. The molecule has 6 nitrogen and oxygen atoms in total. The zero-order valence-corrected chi connectivity index (χ0v) is 16.0. The minimum Gasteiger partial charge on any atom is -0.426 e. The molecule has 0 bridgehead atoms. The molecule has 2 rings (SSSR count). The normalized spacial score (nSPS) is 11.5. The molecule has 3 N–H and O–H groups in total. The van der Waals surface area contributed by atoms with Crippen LogP contribution in [0.1, 0.15) is 18.1 Å². The van der Waals surface area contributed by atoms with E-state index in [1.54, 1.807) is 12.1 Å². The van der Waals surface area contributed by atoms with Gasteiger partial charge in [0.1, 0.15) is 6.54 Å². The Morgan fingerprint density at radius 2 is 1.96 bits per heavy atom. The number of benzene rings is 1. The topological polar surface area (TPSA) is 89.9 Å². The van der Waals surface area contributed by atoms with Crippen molar-refractivity contribution < 1.29 is 19.6 Å². The van der Waals surface area contributed by atoms with Crippen molar-refractivity contribution in [3.8, 4) is 0 Å². The predicted octanol–water partition coefficient (Wildman–Crippen LogP) is 1.57. The van der Waals surface area contributed by atoms with Gasteiger partial charge in [-0.15, -0.1) is 0 Å². The minimum atomic E-state index is -1.71. The first-order valence-electron chi connectivity index (χ1n) is 8.64. The fraction of sp³-hybridized carbons (Fsp3) is 0.263. The van der Waals surface area contributed by atoms with Crippen LogP contribution in [0.4, 0.5) is 5.69 Å². The summed E-state index contributed by atoms with van der Waals surface area (Å²) in [6.07, 6.45) is 2.30. The van der Waals surface area contributed by atoms with Crippen molar-refractivity contribution in [3.05, 3.63) is 64.9 Å². The highest BCUT2D eigenvalue weighted by Crippen LogP contribution is 2.16. The highest BCUT2D eigenvalue weighted by Gasteiger charge is 2.27. The van der Waals surface area contributed by atoms with Gasteiger partial charge in [0.25, 0.3) is 5.91 Å². The van der Waals surface area contributed by atoms with Crippen molar-refractivity contribution in [2.24, 2.45) is 0 Å². The number of nitrogens with one attached hydrogen (secondary N) is 1. The van der Waals surface area contributed by atoms with Gasteiger partial charge in [-0.3, -0.25) is 14.5 Å². The Morgan fingerprint density at radius 1 is 1.26 bits per heavy atom. The lowest BCUT2D eigenvalue weighted by Gasteiger charge is -2.23. The summed E-state index contributed by atoms with van der Waals surface area (Å²) in [5, 5.41) is 25.5. The Kier molecular flexibility index (Phi) is 7.78. The monoisotopic (exact) mass is 386 g/mol. The fourth-order valence-corrected chi connectivity index (χ4v) is 3.29. The Hall–Kier alpha value is -2.42. The third-order valence-corrected chi connectivity index (χ3v) is 4.87. The van der Waals surface area contributed by atoms with Crippen molar-refractivity contribution in [2.75, 3.05) is 11.4 Å². The maximum absolute atomic E-state index is 12.5. The average Bonchev–Trinajstić information content (AvgIpc) is 3.18. The number of nitrogens with zero attached hydrogens (tertiary/aromatic N) is 1. The standard InChI is InChI=1S/C19H23BN2O4S/c1-3-14-5-7-16(8-6-14)22(19(24)4-2)12-18(23)21-17(20(25)26)11-15-9-10-27-13-15/h4-10,13,17,25-26H,2-3,11-12H2,1H3,(H,21,23)/t17-/m0/s1. The van der Waals surface area contributed by atoms with Crippen molar-refractivity contribution >= 4 is 36.0 Å². The van der Waals surface area contributed by atoms with Gasteiger partial charge in [-0.1, -0.05) is 25.6 Å². The second-order valence-electron chi connectivity index (χ2n) is 6.07. The van der Waals surface area contributed by atoms with E-state index in [1.807, 2.05) is 35.9 Å².